The maximum atomic E-state index is 13.1. The molecular formula is C15H19Cl2F2N3OS2. The monoisotopic (exact) mass is 429 g/mol. The summed E-state index contributed by atoms with van der Waals surface area (Å²) in [5.74, 6) is -3.01. The van der Waals surface area contributed by atoms with E-state index >= 15 is 0 Å². The van der Waals surface area contributed by atoms with Crippen LogP contribution < -0.4 is 11.1 Å². The van der Waals surface area contributed by atoms with Crippen molar-refractivity contribution in [2.45, 2.75) is 23.5 Å². The zero-order valence-corrected chi connectivity index (χ0v) is 16.6. The number of carbonyl (C=O) groups is 1. The van der Waals surface area contributed by atoms with Crippen LogP contribution in [-0.4, -0.2) is 29.9 Å². The molecule has 1 amide bonds. The van der Waals surface area contributed by atoms with Gasteiger partial charge in [0.2, 0.25) is 0 Å². The standard InChI is InChI=1S/C15H17F2N3OS2.2ClH/c1-10-20-11(6-22-10)7-23-13-5-3-2-4-12(13)14(21)19-9-15(16,17)8-18;;/h2-6H,7-9,18H2,1H3,(H,19,21);2*1H. The zero-order valence-electron chi connectivity index (χ0n) is 13.3. The molecule has 1 aromatic carbocycles. The minimum atomic E-state index is -3.10. The summed E-state index contributed by atoms with van der Waals surface area (Å²) in [7, 11) is 0. The van der Waals surface area contributed by atoms with Gasteiger partial charge in [-0.05, 0) is 19.1 Å². The highest BCUT2D eigenvalue weighted by Gasteiger charge is 2.27. The highest BCUT2D eigenvalue weighted by atomic mass is 35.5. The third-order valence-corrected chi connectivity index (χ3v) is 4.91. The second kappa shape index (κ2) is 10.9. The molecule has 0 saturated heterocycles. The van der Waals surface area contributed by atoms with Gasteiger partial charge < -0.3 is 11.1 Å². The van der Waals surface area contributed by atoms with Crippen molar-refractivity contribution in [3.8, 4) is 0 Å². The van der Waals surface area contributed by atoms with Crippen LogP contribution in [0.3, 0.4) is 0 Å². The normalized spacial score (nSPS) is 10.6. The summed E-state index contributed by atoms with van der Waals surface area (Å²) >= 11 is 3.02. The van der Waals surface area contributed by atoms with Crippen molar-refractivity contribution in [3.05, 3.63) is 45.9 Å². The molecule has 0 unspecified atom stereocenters. The molecule has 0 bridgehead atoms. The number of benzene rings is 1. The van der Waals surface area contributed by atoms with Gasteiger partial charge in [-0.25, -0.2) is 13.8 Å². The smallest absolute Gasteiger partial charge is 0.277 e. The summed E-state index contributed by atoms with van der Waals surface area (Å²) in [5, 5.41) is 5.18. The van der Waals surface area contributed by atoms with Gasteiger partial charge in [-0.2, -0.15) is 0 Å². The summed E-state index contributed by atoms with van der Waals surface area (Å²) in [5.41, 5.74) is 6.27. The van der Waals surface area contributed by atoms with Gasteiger partial charge in [-0.3, -0.25) is 4.79 Å². The molecule has 2 rings (SSSR count). The van der Waals surface area contributed by atoms with Crippen LogP contribution in [0.15, 0.2) is 34.5 Å². The highest BCUT2D eigenvalue weighted by Crippen LogP contribution is 2.27. The van der Waals surface area contributed by atoms with Crippen LogP contribution in [0.1, 0.15) is 21.1 Å². The van der Waals surface area contributed by atoms with Crippen molar-refractivity contribution in [3.63, 3.8) is 0 Å². The van der Waals surface area contributed by atoms with Gasteiger partial charge in [0.05, 0.1) is 29.4 Å². The van der Waals surface area contributed by atoms with Crippen LogP contribution in [-0.2, 0) is 5.75 Å². The van der Waals surface area contributed by atoms with E-state index in [9.17, 15) is 13.6 Å². The number of aryl methyl sites for hydroxylation is 1. The molecule has 0 atom stereocenters. The van der Waals surface area contributed by atoms with Crippen molar-refractivity contribution in [1.29, 1.82) is 0 Å². The Balaban J connectivity index is 0.00000288. The first-order valence-corrected chi connectivity index (χ1v) is 8.77. The van der Waals surface area contributed by atoms with Crippen LogP contribution in [0.5, 0.6) is 0 Å². The SMILES string of the molecule is Cc1nc(CSc2ccccc2C(=O)NCC(F)(F)CN)cs1.Cl.Cl. The minimum absolute atomic E-state index is 0. The number of thiazole rings is 1. The molecule has 0 aliphatic carbocycles. The Morgan fingerprint density at radius 3 is 2.64 bits per heavy atom. The Morgan fingerprint density at radius 2 is 2.04 bits per heavy atom. The average Bonchev–Trinajstić information content (AvgIpc) is 2.96. The maximum absolute atomic E-state index is 13.1. The Hall–Kier alpha value is -0.930. The Labute approximate surface area is 165 Å². The first-order chi connectivity index (χ1) is 10.9. The summed E-state index contributed by atoms with van der Waals surface area (Å²) in [6, 6.07) is 6.91. The topological polar surface area (TPSA) is 68.0 Å². The lowest BCUT2D eigenvalue weighted by atomic mass is 10.2. The van der Waals surface area contributed by atoms with Crippen molar-refractivity contribution < 1.29 is 13.6 Å². The molecule has 140 valence electrons. The van der Waals surface area contributed by atoms with E-state index in [0.29, 0.717) is 11.3 Å². The molecule has 2 aromatic rings. The number of halogens is 4. The van der Waals surface area contributed by atoms with Crippen LogP contribution in [0.25, 0.3) is 0 Å². The first-order valence-electron chi connectivity index (χ1n) is 6.90. The van der Waals surface area contributed by atoms with E-state index in [1.54, 1.807) is 35.6 Å². The third-order valence-electron chi connectivity index (χ3n) is 2.98. The number of amides is 1. The second-order valence-corrected chi connectivity index (χ2v) is 6.96. The van der Waals surface area contributed by atoms with Gasteiger partial charge >= 0.3 is 0 Å². The molecule has 1 aromatic heterocycles. The zero-order chi connectivity index (χ0) is 16.9. The lowest BCUT2D eigenvalue weighted by Crippen LogP contribution is -2.41. The molecule has 1 heterocycles. The van der Waals surface area contributed by atoms with Crippen LogP contribution in [0, 0.1) is 6.92 Å². The number of rotatable bonds is 7. The molecule has 3 N–H and O–H groups in total. The second-order valence-electron chi connectivity index (χ2n) is 4.89. The maximum Gasteiger partial charge on any atom is 0.277 e. The lowest BCUT2D eigenvalue weighted by Gasteiger charge is -2.15. The largest absolute Gasteiger partial charge is 0.346 e. The number of thioether (sulfide) groups is 1. The van der Waals surface area contributed by atoms with Gasteiger partial charge in [-0.1, -0.05) is 12.1 Å². The van der Waals surface area contributed by atoms with Gasteiger partial charge in [0, 0.05) is 16.0 Å². The van der Waals surface area contributed by atoms with E-state index in [0.717, 1.165) is 15.6 Å². The first kappa shape index (κ1) is 24.1. The summed E-state index contributed by atoms with van der Waals surface area (Å²) in [6.45, 7) is 0.358. The number of nitrogens with zero attached hydrogens (tertiary/aromatic N) is 1. The Bertz CT molecular complexity index is 686. The third kappa shape index (κ3) is 7.45. The number of hydrogen-bond acceptors (Lipinski definition) is 5. The molecule has 0 aliphatic heterocycles. The van der Waals surface area contributed by atoms with Crippen molar-refractivity contribution in [2.24, 2.45) is 5.73 Å². The number of nitrogens with two attached hydrogens (primary N) is 1. The summed E-state index contributed by atoms with van der Waals surface area (Å²) in [6.07, 6.45) is 0. The molecule has 0 aliphatic rings. The van der Waals surface area contributed by atoms with E-state index < -0.39 is 24.9 Å². The van der Waals surface area contributed by atoms with Gasteiger partial charge in [0.15, 0.2) is 0 Å². The number of alkyl halides is 2. The fraction of sp³-hybridized carbons (Fsp3) is 0.333. The van der Waals surface area contributed by atoms with E-state index in [1.807, 2.05) is 12.3 Å². The lowest BCUT2D eigenvalue weighted by molar-refractivity contribution is 0.0118. The van der Waals surface area contributed by atoms with E-state index in [-0.39, 0.29) is 24.8 Å². The fourth-order valence-electron chi connectivity index (χ4n) is 1.78. The highest BCUT2D eigenvalue weighted by molar-refractivity contribution is 7.98. The van der Waals surface area contributed by atoms with Crippen LogP contribution in [0.2, 0.25) is 0 Å². The van der Waals surface area contributed by atoms with Crippen molar-refractivity contribution in [2.75, 3.05) is 13.1 Å². The average molecular weight is 430 g/mol. The summed E-state index contributed by atoms with van der Waals surface area (Å²) in [4.78, 5) is 17.2. The molecule has 25 heavy (non-hydrogen) atoms. The quantitative estimate of drug-likeness (QED) is 0.654. The molecule has 0 fully saturated rings. The number of hydrogen-bond donors (Lipinski definition) is 2. The predicted octanol–water partition coefficient (Wildman–Crippen LogP) is 3.91. The van der Waals surface area contributed by atoms with Crippen LogP contribution >= 0.6 is 47.9 Å². The number of nitrogens with one attached hydrogen (secondary N) is 1. The van der Waals surface area contributed by atoms with E-state index in [2.05, 4.69) is 10.3 Å². The molecule has 4 nitrogen and oxygen atoms in total. The van der Waals surface area contributed by atoms with E-state index in [1.165, 1.54) is 11.8 Å². The number of aromatic nitrogens is 1. The fourth-order valence-corrected chi connectivity index (χ4v) is 3.44. The molecule has 0 radical (unpaired) electrons. The minimum Gasteiger partial charge on any atom is -0.346 e. The summed E-state index contributed by atoms with van der Waals surface area (Å²) < 4.78 is 26.3. The van der Waals surface area contributed by atoms with Crippen molar-refractivity contribution in [1.82, 2.24) is 10.3 Å². The van der Waals surface area contributed by atoms with Crippen molar-refractivity contribution >= 4 is 53.8 Å². The Morgan fingerprint density at radius 1 is 1.36 bits per heavy atom. The number of carbonyl (C=O) groups excluding carboxylic acids is 1. The molecule has 10 heteroatoms. The molecule has 0 saturated carbocycles. The Kier molecular flexibility index (Phi) is 10.5. The molecule has 0 spiro atoms. The molecular weight excluding hydrogens is 411 g/mol. The van der Waals surface area contributed by atoms with Gasteiger partial charge in [-0.15, -0.1) is 47.9 Å². The van der Waals surface area contributed by atoms with Gasteiger partial charge in [0.25, 0.3) is 11.8 Å². The van der Waals surface area contributed by atoms with Gasteiger partial charge in [0.1, 0.15) is 0 Å². The van der Waals surface area contributed by atoms with E-state index in [4.69, 9.17) is 5.73 Å². The van der Waals surface area contributed by atoms with Crippen LogP contribution in [0.4, 0.5) is 8.78 Å². The predicted molar refractivity (Wildman–Crippen MR) is 104 cm³/mol.